The summed E-state index contributed by atoms with van der Waals surface area (Å²) < 4.78 is 10.5. The molecule has 1 saturated heterocycles. The van der Waals surface area contributed by atoms with Crippen molar-refractivity contribution in [3.63, 3.8) is 0 Å². The highest BCUT2D eigenvalue weighted by atomic mass is 16.5. The Morgan fingerprint density at radius 3 is 2.71 bits per heavy atom. The first-order valence-electron chi connectivity index (χ1n) is 6.80. The summed E-state index contributed by atoms with van der Waals surface area (Å²) >= 11 is 0. The van der Waals surface area contributed by atoms with Crippen LogP contribution in [-0.4, -0.2) is 58.0 Å². The van der Waals surface area contributed by atoms with Gasteiger partial charge < -0.3 is 20.1 Å². The number of nitrogens with zero attached hydrogens (tertiary/aromatic N) is 1. The van der Waals surface area contributed by atoms with Crippen LogP contribution in [0.5, 0.6) is 0 Å². The summed E-state index contributed by atoms with van der Waals surface area (Å²) in [6.07, 6.45) is 2.48. The van der Waals surface area contributed by atoms with Gasteiger partial charge in [-0.1, -0.05) is 13.3 Å². The zero-order valence-corrected chi connectivity index (χ0v) is 11.4. The predicted molar refractivity (Wildman–Crippen MR) is 70.1 cm³/mol. The molecule has 0 aromatic heterocycles. The molecule has 1 fully saturated rings. The number of ether oxygens (including phenoxy) is 2. The molecule has 0 aromatic rings. The Morgan fingerprint density at radius 1 is 1.24 bits per heavy atom. The zero-order chi connectivity index (χ0) is 12.5. The van der Waals surface area contributed by atoms with E-state index in [0.29, 0.717) is 13.2 Å². The van der Waals surface area contributed by atoms with Gasteiger partial charge >= 0.3 is 0 Å². The summed E-state index contributed by atoms with van der Waals surface area (Å²) in [5.74, 6) is 1.50. The average Bonchev–Trinajstić information content (AvgIpc) is 2.38. The first-order chi connectivity index (χ1) is 8.31. The number of methoxy groups -OCH3 is 1. The fourth-order valence-corrected chi connectivity index (χ4v) is 2.57. The summed E-state index contributed by atoms with van der Waals surface area (Å²) in [6.45, 7) is 8.71. The molecule has 0 spiro atoms. The van der Waals surface area contributed by atoms with Crippen LogP contribution in [0, 0.1) is 11.8 Å². The van der Waals surface area contributed by atoms with Gasteiger partial charge in [-0.05, 0) is 31.3 Å². The van der Waals surface area contributed by atoms with Crippen LogP contribution in [0.25, 0.3) is 0 Å². The number of hydrogen-bond donors (Lipinski definition) is 1. The quantitative estimate of drug-likeness (QED) is 0.646. The normalized spacial score (nSPS) is 26.3. The minimum Gasteiger partial charge on any atom is -0.382 e. The Morgan fingerprint density at radius 2 is 2.06 bits per heavy atom. The molecule has 4 nitrogen and oxygen atoms in total. The van der Waals surface area contributed by atoms with Gasteiger partial charge in [-0.15, -0.1) is 0 Å². The SMILES string of the molecule is CCC1CN(CCOCCOC)CCC1CN. The molecule has 2 N–H and O–H groups in total. The minimum absolute atomic E-state index is 0.687. The second kappa shape index (κ2) is 8.86. The van der Waals surface area contributed by atoms with Crippen molar-refractivity contribution < 1.29 is 9.47 Å². The van der Waals surface area contributed by atoms with Gasteiger partial charge in [0, 0.05) is 20.2 Å². The third kappa shape index (κ3) is 5.34. The van der Waals surface area contributed by atoms with Crippen LogP contribution in [0.15, 0.2) is 0 Å². The molecule has 102 valence electrons. The van der Waals surface area contributed by atoms with Gasteiger partial charge in [0.15, 0.2) is 0 Å². The van der Waals surface area contributed by atoms with E-state index >= 15 is 0 Å². The second-order valence-corrected chi connectivity index (χ2v) is 4.86. The number of likely N-dealkylation sites (tertiary alicyclic amines) is 1. The van der Waals surface area contributed by atoms with Crippen molar-refractivity contribution in [1.29, 1.82) is 0 Å². The van der Waals surface area contributed by atoms with Crippen molar-refractivity contribution in [1.82, 2.24) is 4.90 Å². The highest BCUT2D eigenvalue weighted by Crippen LogP contribution is 2.24. The van der Waals surface area contributed by atoms with E-state index in [-0.39, 0.29) is 0 Å². The molecule has 0 amide bonds. The largest absolute Gasteiger partial charge is 0.382 e. The summed E-state index contributed by atoms with van der Waals surface area (Å²) in [6, 6.07) is 0. The van der Waals surface area contributed by atoms with E-state index in [0.717, 1.165) is 31.5 Å². The molecule has 1 aliphatic heterocycles. The summed E-state index contributed by atoms with van der Waals surface area (Å²) in [4.78, 5) is 2.51. The number of rotatable bonds is 8. The molecular formula is C13H28N2O2. The van der Waals surface area contributed by atoms with Gasteiger partial charge in [0.25, 0.3) is 0 Å². The van der Waals surface area contributed by atoms with E-state index in [1.807, 2.05) is 0 Å². The smallest absolute Gasteiger partial charge is 0.0700 e. The molecule has 17 heavy (non-hydrogen) atoms. The molecule has 0 aliphatic carbocycles. The molecule has 1 aliphatic rings. The van der Waals surface area contributed by atoms with Crippen molar-refractivity contribution in [2.75, 3.05) is 53.1 Å². The van der Waals surface area contributed by atoms with Gasteiger partial charge in [0.2, 0.25) is 0 Å². The molecule has 1 heterocycles. The van der Waals surface area contributed by atoms with Gasteiger partial charge in [0.1, 0.15) is 0 Å². The Hall–Kier alpha value is -0.160. The molecule has 2 atom stereocenters. The minimum atomic E-state index is 0.687. The van der Waals surface area contributed by atoms with E-state index in [1.165, 1.54) is 25.9 Å². The van der Waals surface area contributed by atoms with Crippen LogP contribution in [0.3, 0.4) is 0 Å². The number of nitrogens with two attached hydrogens (primary N) is 1. The highest BCUT2D eigenvalue weighted by molar-refractivity contribution is 4.80. The van der Waals surface area contributed by atoms with E-state index < -0.39 is 0 Å². The first-order valence-corrected chi connectivity index (χ1v) is 6.80. The predicted octanol–water partition coefficient (Wildman–Crippen LogP) is 0.956. The third-order valence-corrected chi connectivity index (χ3v) is 3.79. The van der Waals surface area contributed by atoms with E-state index in [1.54, 1.807) is 7.11 Å². The van der Waals surface area contributed by atoms with E-state index in [2.05, 4.69) is 11.8 Å². The number of piperidine rings is 1. The van der Waals surface area contributed by atoms with Gasteiger partial charge in [-0.3, -0.25) is 0 Å². The maximum absolute atomic E-state index is 5.81. The van der Waals surface area contributed by atoms with Gasteiger partial charge in [-0.25, -0.2) is 0 Å². The molecular weight excluding hydrogens is 216 g/mol. The van der Waals surface area contributed by atoms with E-state index in [4.69, 9.17) is 15.2 Å². The van der Waals surface area contributed by atoms with Crippen molar-refractivity contribution in [2.24, 2.45) is 17.6 Å². The molecule has 0 radical (unpaired) electrons. The molecule has 0 bridgehead atoms. The van der Waals surface area contributed by atoms with Crippen LogP contribution in [0.2, 0.25) is 0 Å². The Bertz CT molecular complexity index is 190. The maximum atomic E-state index is 5.81. The van der Waals surface area contributed by atoms with Gasteiger partial charge in [0.05, 0.1) is 19.8 Å². The van der Waals surface area contributed by atoms with Crippen molar-refractivity contribution >= 4 is 0 Å². The lowest BCUT2D eigenvalue weighted by Gasteiger charge is -2.37. The van der Waals surface area contributed by atoms with Crippen LogP contribution in [0.1, 0.15) is 19.8 Å². The Labute approximate surface area is 105 Å². The monoisotopic (exact) mass is 244 g/mol. The van der Waals surface area contributed by atoms with Gasteiger partial charge in [-0.2, -0.15) is 0 Å². The summed E-state index contributed by atoms with van der Waals surface area (Å²) in [5, 5.41) is 0. The standard InChI is InChI=1S/C13H28N2O2/c1-3-12-11-15(5-4-13(12)10-14)6-7-17-9-8-16-2/h12-13H,3-11,14H2,1-2H3. The van der Waals surface area contributed by atoms with Crippen molar-refractivity contribution in [2.45, 2.75) is 19.8 Å². The highest BCUT2D eigenvalue weighted by Gasteiger charge is 2.26. The first kappa shape index (κ1) is 14.9. The Kier molecular flexibility index (Phi) is 7.77. The fraction of sp³-hybridized carbons (Fsp3) is 1.00. The van der Waals surface area contributed by atoms with Crippen molar-refractivity contribution in [3.8, 4) is 0 Å². The van der Waals surface area contributed by atoms with Crippen LogP contribution in [0.4, 0.5) is 0 Å². The third-order valence-electron chi connectivity index (χ3n) is 3.79. The van der Waals surface area contributed by atoms with Crippen LogP contribution >= 0.6 is 0 Å². The fourth-order valence-electron chi connectivity index (χ4n) is 2.57. The number of hydrogen-bond acceptors (Lipinski definition) is 4. The van der Waals surface area contributed by atoms with Crippen molar-refractivity contribution in [3.05, 3.63) is 0 Å². The molecule has 0 saturated carbocycles. The van der Waals surface area contributed by atoms with E-state index in [9.17, 15) is 0 Å². The lowest BCUT2D eigenvalue weighted by molar-refractivity contribution is 0.0416. The Balaban J connectivity index is 2.14. The molecule has 4 heteroatoms. The topological polar surface area (TPSA) is 47.7 Å². The van der Waals surface area contributed by atoms with Crippen LogP contribution < -0.4 is 5.73 Å². The lowest BCUT2D eigenvalue weighted by atomic mass is 9.84. The maximum Gasteiger partial charge on any atom is 0.0700 e. The molecule has 1 rings (SSSR count). The molecule has 0 aromatic carbocycles. The summed E-state index contributed by atoms with van der Waals surface area (Å²) in [5.41, 5.74) is 5.81. The molecule has 2 unspecified atom stereocenters. The summed E-state index contributed by atoms with van der Waals surface area (Å²) in [7, 11) is 1.70. The zero-order valence-electron chi connectivity index (χ0n) is 11.4. The van der Waals surface area contributed by atoms with Crippen LogP contribution in [-0.2, 0) is 9.47 Å². The average molecular weight is 244 g/mol. The second-order valence-electron chi connectivity index (χ2n) is 4.86. The lowest BCUT2D eigenvalue weighted by Crippen LogP contribution is -2.43.